The van der Waals surface area contributed by atoms with Crippen LogP contribution in [0, 0.1) is 0 Å². The first-order valence-electron chi connectivity index (χ1n) is 13.5. The molecule has 0 spiro atoms. The van der Waals surface area contributed by atoms with E-state index in [1.807, 2.05) is 38.4 Å². The van der Waals surface area contributed by atoms with Crippen LogP contribution in [0.25, 0.3) is 0 Å². The Hall–Kier alpha value is -3.97. The lowest BCUT2D eigenvalue weighted by atomic mass is 9.96. The second-order valence-corrected chi connectivity index (χ2v) is 10.2. The molecule has 0 unspecified atom stereocenters. The number of carbonyl (C=O) groups is 3. The summed E-state index contributed by atoms with van der Waals surface area (Å²) in [6.45, 7) is 1.90. The Bertz CT molecular complexity index is 1300. The lowest BCUT2D eigenvalue weighted by molar-refractivity contribution is -0.136. The second-order valence-electron chi connectivity index (χ2n) is 10.2. The first-order valence-corrected chi connectivity index (χ1v) is 13.5. The molecule has 204 valence electrons. The molecule has 0 saturated carbocycles. The van der Waals surface area contributed by atoms with Crippen molar-refractivity contribution >= 4 is 17.8 Å². The summed E-state index contributed by atoms with van der Waals surface area (Å²) in [7, 11) is 4.10. The molecule has 4 rings (SSSR count). The van der Waals surface area contributed by atoms with Crippen molar-refractivity contribution in [3.05, 3.63) is 100 Å². The number of ether oxygens (including phenoxy) is 1. The van der Waals surface area contributed by atoms with Crippen LogP contribution in [-0.2, 0) is 30.5 Å². The van der Waals surface area contributed by atoms with Crippen LogP contribution in [0.4, 0.5) is 0 Å². The van der Waals surface area contributed by atoms with Crippen LogP contribution in [0.2, 0.25) is 0 Å². The number of aryl methyl sites for hydroxylation is 3. The average Bonchev–Trinajstić information content (AvgIpc) is 3.17. The predicted molar refractivity (Wildman–Crippen MR) is 150 cm³/mol. The highest BCUT2D eigenvalue weighted by atomic mass is 16.5. The first-order chi connectivity index (χ1) is 18.8. The van der Waals surface area contributed by atoms with Gasteiger partial charge >= 0.3 is 5.97 Å². The summed E-state index contributed by atoms with van der Waals surface area (Å²) >= 11 is 0. The fraction of sp³-hybridized carbons (Fsp3) is 0.344. The Labute approximate surface area is 230 Å². The molecule has 0 saturated heterocycles. The van der Waals surface area contributed by atoms with Crippen molar-refractivity contribution in [1.29, 1.82) is 0 Å². The van der Waals surface area contributed by atoms with E-state index in [1.165, 1.54) is 4.90 Å². The number of carbonyl (C=O) groups excluding carboxylic acids is 2. The molecule has 0 aliphatic carbocycles. The van der Waals surface area contributed by atoms with Gasteiger partial charge in [0.1, 0.15) is 5.75 Å². The molecular weight excluding hydrogens is 492 g/mol. The number of nitrogens with zero attached hydrogens (tertiary/aromatic N) is 2. The molecule has 0 atom stereocenters. The lowest BCUT2D eigenvalue weighted by Crippen LogP contribution is -2.31. The van der Waals surface area contributed by atoms with Gasteiger partial charge in [0.05, 0.1) is 17.7 Å². The fourth-order valence-electron chi connectivity index (χ4n) is 4.90. The van der Waals surface area contributed by atoms with Crippen LogP contribution < -0.4 is 4.74 Å². The summed E-state index contributed by atoms with van der Waals surface area (Å²) in [5.74, 6) is -0.474. The summed E-state index contributed by atoms with van der Waals surface area (Å²) in [5, 5.41) is 9.21. The Morgan fingerprint density at radius 2 is 1.41 bits per heavy atom. The van der Waals surface area contributed by atoms with E-state index in [4.69, 9.17) is 4.74 Å². The molecule has 0 fully saturated rings. The molecule has 1 aliphatic heterocycles. The number of benzene rings is 3. The highest BCUT2D eigenvalue weighted by Gasteiger charge is 2.34. The molecule has 1 heterocycles. The number of para-hydroxylation sites is 1. The van der Waals surface area contributed by atoms with E-state index in [2.05, 4.69) is 23.1 Å². The van der Waals surface area contributed by atoms with Crippen LogP contribution >= 0.6 is 0 Å². The third-order valence-corrected chi connectivity index (χ3v) is 6.91. The predicted octanol–water partition coefficient (Wildman–Crippen LogP) is 4.66. The maximum Gasteiger partial charge on any atom is 0.303 e. The molecular formula is C32H36N2O5. The van der Waals surface area contributed by atoms with Gasteiger partial charge in [0, 0.05) is 19.5 Å². The summed E-state index contributed by atoms with van der Waals surface area (Å²) in [6.07, 6.45) is 3.47. The first kappa shape index (κ1) is 28.0. The van der Waals surface area contributed by atoms with Crippen LogP contribution in [0.1, 0.15) is 55.8 Å². The standard InChI is InChI=1S/C32H36N2O5/c1-33(2)17-7-19-39-29-11-6-3-8-26(29)14-12-23-20-24(13-15-30(35)36)22-25(21-23)16-18-34-31(37)27-9-4-5-10-28(27)32(34)38/h3-6,8-11,20-22H,7,12-19H2,1-2H3,(H,35,36). The largest absolute Gasteiger partial charge is 0.493 e. The molecule has 3 aromatic rings. The van der Waals surface area contributed by atoms with Crippen molar-refractivity contribution in [3.63, 3.8) is 0 Å². The molecule has 0 bridgehead atoms. The number of hydrogen-bond acceptors (Lipinski definition) is 5. The number of hydrogen-bond donors (Lipinski definition) is 1. The Balaban J connectivity index is 1.45. The van der Waals surface area contributed by atoms with E-state index in [9.17, 15) is 19.5 Å². The molecule has 0 aromatic heterocycles. The van der Waals surface area contributed by atoms with Gasteiger partial charge in [-0.15, -0.1) is 0 Å². The molecule has 39 heavy (non-hydrogen) atoms. The minimum Gasteiger partial charge on any atom is -0.493 e. The SMILES string of the molecule is CN(C)CCCOc1ccccc1CCc1cc(CCC(=O)O)cc(CCN2C(=O)c3ccccc3C2=O)c1. The number of amides is 2. The zero-order chi connectivity index (χ0) is 27.8. The number of aliphatic carboxylic acids is 1. The van der Waals surface area contributed by atoms with E-state index in [0.717, 1.165) is 53.8 Å². The van der Waals surface area contributed by atoms with E-state index in [-0.39, 0.29) is 24.8 Å². The van der Waals surface area contributed by atoms with Gasteiger partial charge in [-0.05, 0) is 86.7 Å². The highest BCUT2D eigenvalue weighted by Crippen LogP contribution is 2.24. The average molecular weight is 529 g/mol. The van der Waals surface area contributed by atoms with Crippen molar-refractivity contribution in [2.24, 2.45) is 0 Å². The maximum absolute atomic E-state index is 12.8. The quantitative estimate of drug-likeness (QED) is 0.242. The minimum absolute atomic E-state index is 0.0465. The Kier molecular flexibility index (Phi) is 9.49. The van der Waals surface area contributed by atoms with Crippen molar-refractivity contribution in [2.45, 2.75) is 38.5 Å². The van der Waals surface area contributed by atoms with Gasteiger partial charge in [-0.3, -0.25) is 19.3 Å². The van der Waals surface area contributed by atoms with Gasteiger partial charge in [0.25, 0.3) is 11.8 Å². The third kappa shape index (κ3) is 7.54. The molecule has 3 aromatic carbocycles. The fourth-order valence-corrected chi connectivity index (χ4v) is 4.90. The second kappa shape index (κ2) is 13.2. The Morgan fingerprint density at radius 1 is 0.821 bits per heavy atom. The van der Waals surface area contributed by atoms with Crippen molar-refractivity contribution < 1.29 is 24.2 Å². The minimum atomic E-state index is -0.840. The smallest absolute Gasteiger partial charge is 0.303 e. The number of fused-ring (bicyclic) bond motifs is 1. The topological polar surface area (TPSA) is 87.2 Å². The van der Waals surface area contributed by atoms with Crippen LogP contribution in [-0.4, -0.2) is 66.5 Å². The number of carboxylic acids is 1. The molecule has 2 amide bonds. The van der Waals surface area contributed by atoms with E-state index >= 15 is 0 Å². The zero-order valence-electron chi connectivity index (χ0n) is 22.7. The summed E-state index contributed by atoms with van der Waals surface area (Å²) in [5.41, 5.74) is 5.05. The third-order valence-electron chi connectivity index (χ3n) is 6.91. The van der Waals surface area contributed by atoms with Crippen molar-refractivity contribution in [1.82, 2.24) is 9.80 Å². The van der Waals surface area contributed by atoms with E-state index < -0.39 is 5.97 Å². The van der Waals surface area contributed by atoms with Crippen LogP contribution in [0.3, 0.4) is 0 Å². The summed E-state index contributed by atoms with van der Waals surface area (Å²) in [6, 6.07) is 21.1. The van der Waals surface area contributed by atoms with Gasteiger partial charge in [-0.25, -0.2) is 0 Å². The normalized spacial score (nSPS) is 12.7. The van der Waals surface area contributed by atoms with Gasteiger partial charge < -0.3 is 14.7 Å². The summed E-state index contributed by atoms with van der Waals surface area (Å²) < 4.78 is 6.07. The van der Waals surface area contributed by atoms with Crippen LogP contribution in [0.15, 0.2) is 66.7 Å². The molecule has 0 radical (unpaired) electrons. The Morgan fingerprint density at radius 3 is 2.05 bits per heavy atom. The van der Waals surface area contributed by atoms with Gasteiger partial charge in [-0.1, -0.05) is 48.5 Å². The molecule has 7 nitrogen and oxygen atoms in total. The van der Waals surface area contributed by atoms with Gasteiger partial charge in [0.15, 0.2) is 0 Å². The highest BCUT2D eigenvalue weighted by molar-refractivity contribution is 6.21. The van der Waals surface area contributed by atoms with E-state index in [1.54, 1.807) is 24.3 Å². The van der Waals surface area contributed by atoms with Crippen LogP contribution in [0.5, 0.6) is 5.75 Å². The maximum atomic E-state index is 12.8. The van der Waals surface area contributed by atoms with Gasteiger partial charge in [-0.2, -0.15) is 0 Å². The lowest BCUT2D eigenvalue weighted by Gasteiger charge is -2.16. The van der Waals surface area contributed by atoms with Crippen molar-refractivity contribution in [2.75, 3.05) is 33.8 Å². The van der Waals surface area contributed by atoms with Gasteiger partial charge in [0.2, 0.25) is 0 Å². The van der Waals surface area contributed by atoms with E-state index in [0.29, 0.717) is 30.6 Å². The molecule has 1 aliphatic rings. The molecule has 1 N–H and O–H groups in total. The number of rotatable bonds is 14. The number of carboxylic acid groups (broad SMARTS) is 1. The monoisotopic (exact) mass is 528 g/mol. The summed E-state index contributed by atoms with van der Waals surface area (Å²) in [4.78, 5) is 40.2. The molecule has 7 heteroatoms. The zero-order valence-corrected chi connectivity index (χ0v) is 22.7. The number of imide groups is 1. The van der Waals surface area contributed by atoms with Crippen molar-refractivity contribution in [3.8, 4) is 5.75 Å².